The molecule has 1 unspecified atom stereocenters. The number of likely N-dealkylation sites (tertiary alicyclic amines) is 1. The quantitative estimate of drug-likeness (QED) is 0.826. The van der Waals surface area contributed by atoms with Gasteiger partial charge in [0.25, 0.3) is 0 Å². The molecule has 0 bridgehead atoms. The van der Waals surface area contributed by atoms with E-state index in [0.29, 0.717) is 6.42 Å². The number of hydrogen-bond acceptors (Lipinski definition) is 6. The molecule has 2 aliphatic heterocycles. The molecule has 11 heteroatoms. The number of rotatable bonds is 3. The highest BCUT2D eigenvalue weighted by atomic mass is 19.4. The van der Waals surface area contributed by atoms with E-state index in [-0.39, 0.29) is 11.3 Å². The van der Waals surface area contributed by atoms with Gasteiger partial charge in [-0.05, 0) is 25.1 Å². The Morgan fingerprint density at radius 3 is 2.55 bits per heavy atom. The highest BCUT2D eigenvalue weighted by Gasteiger charge is 2.47. The fraction of sp³-hybridized carbons (Fsp3) is 0.444. The lowest BCUT2D eigenvalue weighted by molar-refractivity contribution is -0.192. The van der Waals surface area contributed by atoms with Crippen molar-refractivity contribution >= 4 is 17.6 Å². The van der Waals surface area contributed by atoms with Crippen LogP contribution in [0.15, 0.2) is 41.5 Å². The number of aromatic nitrogens is 2. The lowest BCUT2D eigenvalue weighted by atomic mass is 9.86. The zero-order valence-corrected chi connectivity index (χ0v) is 15.3. The molecule has 29 heavy (non-hydrogen) atoms. The van der Waals surface area contributed by atoms with Gasteiger partial charge in [0.2, 0.25) is 5.91 Å². The molecule has 2 aromatic heterocycles. The van der Waals surface area contributed by atoms with Gasteiger partial charge in [-0.15, -0.1) is 0 Å². The second kappa shape index (κ2) is 8.19. The maximum atomic E-state index is 12.4. The predicted molar refractivity (Wildman–Crippen MR) is 93.7 cm³/mol. The van der Waals surface area contributed by atoms with Gasteiger partial charge < -0.3 is 14.4 Å². The molecule has 8 nitrogen and oxygen atoms in total. The van der Waals surface area contributed by atoms with Gasteiger partial charge in [-0.1, -0.05) is 0 Å². The molecule has 0 saturated carbocycles. The van der Waals surface area contributed by atoms with Crippen LogP contribution < -0.4 is 4.90 Å². The smallest absolute Gasteiger partial charge is 0.475 e. The van der Waals surface area contributed by atoms with Crippen LogP contribution in [-0.4, -0.2) is 57.7 Å². The third-order valence-corrected chi connectivity index (χ3v) is 4.90. The standard InChI is InChI=1S/C16H18N4O2.C2HF3O2/c21-15-6-16(11-20(15)13-7-17-12-18-8-13)3-4-19(10-16)9-14-2-1-5-22-14;3-2(4,5)1(6)7/h1-2,5,7-8,12H,3-4,6,9-11H2;(H,6,7). The summed E-state index contributed by atoms with van der Waals surface area (Å²) in [5.41, 5.74) is 0.855. The van der Waals surface area contributed by atoms with Crippen molar-refractivity contribution in [1.82, 2.24) is 14.9 Å². The summed E-state index contributed by atoms with van der Waals surface area (Å²) in [5, 5.41) is 7.12. The molecule has 2 aliphatic rings. The monoisotopic (exact) mass is 412 g/mol. The molecule has 0 aliphatic carbocycles. The van der Waals surface area contributed by atoms with Crippen LogP contribution in [0.2, 0.25) is 0 Å². The summed E-state index contributed by atoms with van der Waals surface area (Å²) in [4.78, 5) is 33.5. The molecular weight excluding hydrogens is 393 g/mol. The Hall–Kier alpha value is -2.95. The van der Waals surface area contributed by atoms with Crippen molar-refractivity contribution in [2.75, 3.05) is 24.5 Å². The number of halogens is 3. The summed E-state index contributed by atoms with van der Waals surface area (Å²) < 4.78 is 37.2. The van der Waals surface area contributed by atoms with E-state index in [1.807, 2.05) is 17.0 Å². The molecular formula is C18H19F3N4O4. The minimum absolute atomic E-state index is 0.0551. The number of furan rings is 1. The summed E-state index contributed by atoms with van der Waals surface area (Å²) in [6, 6.07) is 3.91. The van der Waals surface area contributed by atoms with Crippen LogP contribution in [0.5, 0.6) is 0 Å². The number of anilines is 1. The summed E-state index contributed by atoms with van der Waals surface area (Å²) in [6.45, 7) is 3.52. The number of carboxylic acids is 1. The zero-order valence-electron chi connectivity index (χ0n) is 15.3. The SMILES string of the molecule is O=C(O)C(F)(F)F.O=C1CC2(CCN(Cc3ccco3)C2)CN1c1cncnc1. The van der Waals surface area contributed by atoms with Gasteiger partial charge >= 0.3 is 12.1 Å². The van der Waals surface area contributed by atoms with Crippen molar-refractivity contribution in [2.45, 2.75) is 25.6 Å². The predicted octanol–water partition coefficient (Wildman–Crippen LogP) is 2.33. The highest BCUT2D eigenvalue weighted by molar-refractivity contribution is 5.96. The maximum absolute atomic E-state index is 12.4. The van der Waals surface area contributed by atoms with E-state index in [9.17, 15) is 18.0 Å². The van der Waals surface area contributed by atoms with Gasteiger partial charge in [-0.2, -0.15) is 13.2 Å². The van der Waals surface area contributed by atoms with Crippen LogP contribution in [0, 0.1) is 5.41 Å². The first-order valence-corrected chi connectivity index (χ1v) is 8.79. The van der Waals surface area contributed by atoms with Crippen molar-refractivity contribution in [3.63, 3.8) is 0 Å². The maximum Gasteiger partial charge on any atom is 0.490 e. The molecule has 4 heterocycles. The Labute approximate surface area is 163 Å². The van der Waals surface area contributed by atoms with Crippen LogP contribution in [0.3, 0.4) is 0 Å². The van der Waals surface area contributed by atoms with Crippen LogP contribution in [-0.2, 0) is 16.1 Å². The largest absolute Gasteiger partial charge is 0.490 e. The first-order valence-electron chi connectivity index (χ1n) is 8.79. The molecule has 156 valence electrons. The Morgan fingerprint density at radius 2 is 1.97 bits per heavy atom. The number of aliphatic carboxylic acids is 1. The Balaban J connectivity index is 0.000000298. The number of nitrogens with zero attached hydrogens (tertiary/aromatic N) is 4. The highest BCUT2D eigenvalue weighted by Crippen LogP contribution is 2.41. The summed E-state index contributed by atoms with van der Waals surface area (Å²) in [6.07, 6.45) is 3.18. The number of alkyl halides is 3. The topological polar surface area (TPSA) is 99.8 Å². The van der Waals surface area contributed by atoms with E-state index in [0.717, 1.165) is 44.0 Å². The van der Waals surface area contributed by atoms with Gasteiger partial charge in [-0.25, -0.2) is 14.8 Å². The Bertz CT molecular complexity index is 845. The molecule has 2 fully saturated rings. The van der Waals surface area contributed by atoms with Crippen LogP contribution in [0.4, 0.5) is 18.9 Å². The van der Waals surface area contributed by atoms with Gasteiger partial charge in [-0.3, -0.25) is 9.69 Å². The van der Waals surface area contributed by atoms with E-state index in [4.69, 9.17) is 14.3 Å². The van der Waals surface area contributed by atoms with Crippen molar-refractivity contribution in [3.05, 3.63) is 42.9 Å². The van der Waals surface area contributed by atoms with Gasteiger partial charge in [0.05, 0.1) is 30.9 Å². The number of hydrogen-bond donors (Lipinski definition) is 1. The third-order valence-electron chi connectivity index (χ3n) is 4.90. The van der Waals surface area contributed by atoms with Crippen molar-refractivity contribution in [3.8, 4) is 0 Å². The second-order valence-corrected chi connectivity index (χ2v) is 7.10. The minimum Gasteiger partial charge on any atom is -0.475 e. The first kappa shape index (κ1) is 20.8. The number of amides is 1. The lowest BCUT2D eigenvalue weighted by Crippen LogP contribution is -2.31. The Kier molecular flexibility index (Phi) is 5.87. The number of carboxylic acid groups (broad SMARTS) is 1. The minimum atomic E-state index is -5.08. The number of carbonyl (C=O) groups is 2. The van der Waals surface area contributed by atoms with Crippen molar-refractivity contribution in [1.29, 1.82) is 0 Å². The molecule has 0 aromatic carbocycles. The molecule has 1 atom stereocenters. The average molecular weight is 412 g/mol. The normalized spacial score (nSPS) is 22.0. The van der Waals surface area contributed by atoms with Crippen LogP contribution >= 0.6 is 0 Å². The van der Waals surface area contributed by atoms with Crippen LogP contribution in [0.1, 0.15) is 18.6 Å². The summed E-state index contributed by atoms with van der Waals surface area (Å²) in [5.74, 6) is -1.60. The first-order chi connectivity index (χ1) is 13.7. The lowest BCUT2D eigenvalue weighted by Gasteiger charge is -2.23. The average Bonchev–Trinajstić information content (AvgIpc) is 3.38. The van der Waals surface area contributed by atoms with E-state index in [1.165, 1.54) is 6.33 Å². The van der Waals surface area contributed by atoms with Gasteiger partial charge in [0.1, 0.15) is 12.1 Å². The second-order valence-electron chi connectivity index (χ2n) is 7.10. The molecule has 0 radical (unpaired) electrons. The Morgan fingerprint density at radius 1 is 1.28 bits per heavy atom. The van der Waals surface area contributed by atoms with E-state index >= 15 is 0 Å². The molecule has 2 aromatic rings. The van der Waals surface area contributed by atoms with E-state index < -0.39 is 12.1 Å². The third kappa shape index (κ3) is 5.11. The van der Waals surface area contributed by atoms with Crippen molar-refractivity contribution < 1.29 is 32.3 Å². The molecule has 1 spiro atoms. The fourth-order valence-corrected chi connectivity index (χ4v) is 3.62. The summed E-state index contributed by atoms with van der Waals surface area (Å²) in [7, 11) is 0. The number of carbonyl (C=O) groups excluding carboxylic acids is 1. The van der Waals surface area contributed by atoms with Gasteiger partial charge in [0.15, 0.2) is 0 Å². The van der Waals surface area contributed by atoms with Gasteiger partial charge in [0, 0.05) is 24.9 Å². The molecule has 1 N–H and O–H groups in total. The molecule has 2 saturated heterocycles. The van der Waals surface area contributed by atoms with E-state index in [2.05, 4.69) is 14.9 Å². The summed E-state index contributed by atoms with van der Waals surface area (Å²) >= 11 is 0. The molecule has 4 rings (SSSR count). The van der Waals surface area contributed by atoms with E-state index in [1.54, 1.807) is 18.7 Å². The molecule has 1 amide bonds. The zero-order chi connectivity index (χ0) is 21.1. The fourth-order valence-electron chi connectivity index (χ4n) is 3.62. The van der Waals surface area contributed by atoms with Crippen LogP contribution in [0.25, 0.3) is 0 Å². The van der Waals surface area contributed by atoms with Crippen molar-refractivity contribution in [2.24, 2.45) is 5.41 Å².